The second-order valence-corrected chi connectivity index (χ2v) is 5.39. The summed E-state index contributed by atoms with van der Waals surface area (Å²) in [5, 5.41) is 3.47. The first-order chi connectivity index (χ1) is 9.10. The number of benzene rings is 1. The molecule has 106 valence electrons. The quantitative estimate of drug-likeness (QED) is 0.906. The molecule has 1 aromatic rings. The molecule has 0 atom stereocenters. The monoisotopic (exact) mass is 266 g/mol. The molecule has 1 aliphatic rings. The molecular formula is C15H23FN2O. The third kappa shape index (κ3) is 3.60. The van der Waals surface area contributed by atoms with Gasteiger partial charge in [-0.05, 0) is 38.8 Å². The Balaban J connectivity index is 1.95. The number of ether oxygens (including phenoxy) is 1. The smallest absolute Gasteiger partial charge is 0.144 e. The zero-order chi connectivity index (χ0) is 13.8. The van der Waals surface area contributed by atoms with Crippen molar-refractivity contribution in [1.29, 1.82) is 0 Å². The first-order valence-corrected chi connectivity index (χ1v) is 6.94. The van der Waals surface area contributed by atoms with E-state index in [0.29, 0.717) is 17.8 Å². The van der Waals surface area contributed by atoms with E-state index in [1.807, 2.05) is 0 Å². The summed E-state index contributed by atoms with van der Waals surface area (Å²) in [5.41, 5.74) is 0.881. The number of nitrogens with one attached hydrogen (secondary N) is 1. The maximum Gasteiger partial charge on any atom is 0.144 e. The van der Waals surface area contributed by atoms with Gasteiger partial charge >= 0.3 is 0 Å². The Morgan fingerprint density at radius 2 is 2.00 bits per heavy atom. The molecule has 1 N–H and O–H groups in total. The number of hydrogen-bond donors (Lipinski definition) is 1. The van der Waals surface area contributed by atoms with E-state index in [4.69, 9.17) is 4.74 Å². The van der Waals surface area contributed by atoms with Crippen LogP contribution in [0.5, 0.6) is 5.75 Å². The standard InChI is InChI=1S/C15H23FN2O/c1-11(2)18-8-6-13(7-9-18)17-14-5-4-12(16)10-15(14)19-3/h4-5,10-11,13,17H,6-9H2,1-3H3. The molecule has 0 amide bonds. The van der Waals surface area contributed by atoms with Crippen molar-refractivity contribution in [3.63, 3.8) is 0 Å². The van der Waals surface area contributed by atoms with Crippen LogP contribution in [0.25, 0.3) is 0 Å². The van der Waals surface area contributed by atoms with Crippen LogP contribution >= 0.6 is 0 Å². The van der Waals surface area contributed by atoms with Gasteiger partial charge in [-0.2, -0.15) is 0 Å². The lowest BCUT2D eigenvalue weighted by molar-refractivity contribution is 0.177. The van der Waals surface area contributed by atoms with Crippen LogP contribution < -0.4 is 10.1 Å². The minimum atomic E-state index is -0.267. The highest BCUT2D eigenvalue weighted by molar-refractivity contribution is 5.57. The van der Waals surface area contributed by atoms with Crippen LogP contribution in [0.2, 0.25) is 0 Å². The van der Waals surface area contributed by atoms with Crippen molar-refractivity contribution in [1.82, 2.24) is 4.90 Å². The minimum absolute atomic E-state index is 0.267. The van der Waals surface area contributed by atoms with Gasteiger partial charge in [0.2, 0.25) is 0 Å². The molecule has 1 aliphatic heterocycles. The summed E-state index contributed by atoms with van der Waals surface area (Å²) in [6, 6.07) is 5.69. The Hall–Kier alpha value is -1.29. The van der Waals surface area contributed by atoms with Crippen LogP contribution in [0.4, 0.5) is 10.1 Å². The fourth-order valence-electron chi connectivity index (χ4n) is 2.56. The molecule has 0 aliphatic carbocycles. The highest BCUT2D eigenvalue weighted by Crippen LogP contribution is 2.27. The second kappa shape index (κ2) is 6.24. The fourth-order valence-corrected chi connectivity index (χ4v) is 2.56. The summed E-state index contributed by atoms with van der Waals surface area (Å²) < 4.78 is 18.4. The molecule has 0 radical (unpaired) electrons. The molecule has 19 heavy (non-hydrogen) atoms. The van der Waals surface area contributed by atoms with Gasteiger partial charge in [0.1, 0.15) is 11.6 Å². The molecule has 0 spiro atoms. The van der Waals surface area contributed by atoms with Crippen LogP contribution in [0.15, 0.2) is 18.2 Å². The first kappa shape index (κ1) is 14.1. The molecule has 0 saturated carbocycles. The van der Waals surface area contributed by atoms with Crippen molar-refractivity contribution in [2.45, 2.75) is 38.8 Å². The molecule has 1 fully saturated rings. The number of hydrogen-bond acceptors (Lipinski definition) is 3. The lowest BCUT2D eigenvalue weighted by Gasteiger charge is -2.35. The third-order valence-corrected chi connectivity index (χ3v) is 3.78. The van der Waals surface area contributed by atoms with E-state index in [-0.39, 0.29) is 5.82 Å². The van der Waals surface area contributed by atoms with E-state index >= 15 is 0 Å². The predicted octanol–water partition coefficient (Wildman–Crippen LogP) is 3.12. The van der Waals surface area contributed by atoms with Gasteiger partial charge in [0.25, 0.3) is 0 Å². The molecule has 2 rings (SSSR count). The number of halogens is 1. The molecule has 3 nitrogen and oxygen atoms in total. The summed E-state index contributed by atoms with van der Waals surface area (Å²) in [5.74, 6) is 0.309. The number of nitrogens with zero attached hydrogens (tertiary/aromatic N) is 1. The summed E-state index contributed by atoms with van der Waals surface area (Å²) in [6.07, 6.45) is 2.22. The molecule has 4 heteroatoms. The van der Waals surface area contributed by atoms with Gasteiger partial charge in [0.15, 0.2) is 0 Å². The zero-order valence-corrected chi connectivity index (χ0v) is 11.9. The van der Waals surface area contributed by atoms with Crippen molar-refractivity contribution in [3.8, 4) is 5.75 Å². The van der Waals surface area contributed by atoms with E-state index in [1.165, 1.54) is 12.1 Å². The largest absolute Gasteiger partial charge is 0.494 e. The van der Waals surface area contributed by atoms with E-state index in [1.54, 1.807) is 13.2 Å². The van der Waals surface area contributed by atoms with Gasteiger partial charge in [-0.1, -0.05) is 0 Å². The Morgan fingerprint density at radius 3 is 2.58 bits per heavy atom. The molecule has 0 unspecified atom stereocenters. The van der Waals surface area contributed by atoms with E-state index in [2.05, 4.69) is 24.1 Å². The summed E-state index contributed by atoms with van der Waals surface area (Å²) in [6.45, 7) is 6.69. The first-order valence-electron chi connectivity index (χ1n) is 6.94. The zero-order valence-electron chi connectivity index (χ0n) is 11.9. The lowest BCUT2D eigenvalue weighted by Crippen LogP contribution is -2.42. The van der Waals surface area contributed by atoms with Crippen molar-refractivity contribution in [2.75, 3.05) is 25.5 Å². The lowest BCUT2D eigenvalue weighted by atomic mass is 10.0. The average Bonchev–Trinajstić information content (AvgIpc) is 2.41. The number of likely N-dealkylation sites (tertiary alicyclic amines) is 1. The average molecular weight is 266 g/mol. The molecule has 1 saturated heterocycles. The van der Waals surface area contributed by atoms with Crippen molar-refractivity contribution in [3.05, 3.63) is 24.0 Å². The van der Waals surface area contributed by atoms with E-state index in [0.717, 1.165) is 31.6 Å². The van der Waals surface area contributed by atoms with Gasteiger partial charge in [-0.15, -0.1) is 0 Å². The van der Waals surface area contributed by atoms with Crippen LogP contribution in [-0.4, -0.2) is 37.2 Å². The van der Waals surface area contributed by atoms with Crippen LogP contribution in [-0.2, 0) is 0 Å². The second-order valence-electron chi connectivity index (χ2n) is 5.39. The fraction of sp³-hybridized carbons (Fsp3) is 0.600. The maximum atomic E-state index is 13.1. The van der Waals surface area contributed by atoms with Crippen LogP contribution in [0.3, 0.4) is 0 Å². The molecule has 0 aromatic heterocycles. The molecular weight excluding hydrogens is 243 g/mol. The molecule has 1 heterocycles. The highest BCUT2D eigenvalue weighted by atomic mass is 19.1. The number of rotatable bonds is 4. The van der Waals surface area contributed by atoms with Crippen LogP contribution in [0, 0.1) is 5.82 Å². The third-order valence-electron chi connectivity index (χ3n) is 3.78. The Morgan fingerprint density at radius 1 is 1.32 bits per heavy atom. The van der Waals surface area contributed by atoms with Gasteiger partial charge in [-0.25, -0.2) is 4.39 Å². The normalized spacial score (nSPS) is 17.7. The minimum Gasteiger partial charge on any atom is -0.494 e. The maximum absolute atomic E-state index is 13.1. The molecule has 0 bridgehead atoms. The van der Waals surface area contributed by atoms with E-state index in [9.17, 15) is 4.39 Å². The van der Waals surface area contributed by atoms with Crippen LogP contribution in [0.1, 0.15) is 26.7 Å². The number of anilines is 1. The molecule has 1 aromatic carbocycles. The van der Waals surface area contributed by atoms with Gasteiger partial charge in [0.05, 0.1) is 12.8 Å². The topological polar surface area (TPSA) is 24.5 Å². The number of piperidine rings is 1. The highest BCUT2D eigenvalue weighted by Gasteiger charge is 2.21. The van der Waals surface area contributed by atoms with Gasteiger partial charge in [-0.3, -0.25) is 0 Å². The number of methoxy groups -OCH3 is 1. The van der Waals surface area contributed by atoms with E-state index < -0.39 is 0 Å². The van der Waals surface area contributed by atoms with Crippen molar-refractivity contribution < 1.29 is 9.13 Å². The Bertz CT molecular complexity index is 415. The summed E-state index contributed by atoms with van der Waals surface area (Å²) >= 11 is 0. The van der Waals surface area contributed by atoms with Crippen molar-refractivity contribution in [2.24, 2.45) is 0 Å². The summed E-state index contributed by atoms with van der Waals surface area (Å²) in [7, 11) is 1.57. The SMILES string of the molecule is COc1cc(F)ccc1NC1CCN(C(C)C)CC1. The Kier molecular flexibility index (Phi) is 4.64. The Labute approximate surface area is 114 Å². The van der Waals surface area contributed by atoms with Gasteiger partial charge in [0, 0.05) is 31.2 Å². The van der Waals surface area contributed by atoms with Crippen molar-refractivity contribution >= 4 is 5.69 Å². The summed E-state index contributed by atoms with van der Waals surface area (Å²) in [4.78, 5) is 2.49. The predicted molar refractivity (Wildman–Crippen MR) is 76.3 cm³/mol. The van der Waals surface area contributed by atoms with Gasteiger partial charge < -0.3 is 15.0 Å².